The van der Waals surface area contributed by atoms with E-state index in [0.29, 0.717) is 24.8 Å². The fraction of sp³-hybridized carbons (Fsp3) is 0.317. The van der Waals surface area contributed by atoms with Gasteiger partial charge in [0.05, 0.1) is 30.0 Å². The van der Waals surface area contributed by atoms with Crippen LogP contribution in [0, 0.1) is 0 Å². The first kappa shape index (κ1) is 36.6. The Morgan fingerprint density at radius 1 is 0.623 bits per heavy atom. The van der Waals surface area contributed by atoms with Gasteiger partial charge in [-0.3, -0.25) is 19.6 Å². The second-order valence-electron chi connectivity index (χ2n) is 13.7. The maximum absolute atomic E-state index is 12.1. The molecule has 0 radical (unpaired) electrons. The van der Waals surface area contributed by atoms with Crippen LogP contribution in [0.25, 0.3) is 33.2 Å². The molecule has 8 rings (SSSR count). The van der Waals surface area contributed by atoms with Crippen molar-refractivity contribution in [3.05, 3.63) is 119 Å². The number of amides is 2. The highest BCUT2D eigenvalue weighted by molar-refractivity contribution is 6.30. The van der Waals surface area contributed by atoms with Crippen molar-refractivity contribution in [2.24, 2.45) is 11.5 Å². The van der Waals surface area contributed by atoms with Crippen LogP contribution in [0.15, 0.2) is 97.8 Å². The van der Waals surface area contributed by atoms with Crippen LogP contribution < -0.4 is 11.5 Å². The number of aromatic nitrogens is 4. The molecule has 0 spiro atoms. The summed E-state index contributed by atoms with van der Waals surface area (Å²) >= 11 is 12.1. The molecular formula is C41H44Cl2N8O2. The van der Waals surface area contributed by atoms with Gasteiger partial charge in [-0.05, 0) is 109 Å². The van der Waals surface area contributed by atoms with E-state index in [1.807, 2.05) is 83.1 Å². The summed E-state index contributed by atoms with van der Waals surface area (Å²) in [6.45, 7) is 3.62. The van der Waals surface area contributed by atoms with Crippen molar-refractivity contribution in [2.75, 3.05) is 39.3 Å². The van der Waals surface area contributed by atoms with Crippen LogP contribution >= 0.6 is 23.2 Å². The molecule has 2 fully saturated rings. The number of piperidine rings is 2. The number of nitrogens with two attached hydrogens (primary N) is 2. The van der Waals surface area contributed by atoms with Gasteiger partial charge in [0, 0.05) is 96.1 Å². The van der Waals surface area contributed by atoms with E-state index in [0.717, 1.165) is 84.3 Å². The van der Waals surface area contributed by atoms with Gasteiger partial charge in [0.1, 0.15) is 0 Å². The quantitative estimate of drug-likeness (QED) is 0.180. The lowest BCUT2D eigenvalue weighted by Gasteiger charge is -2.32. The number of carbonyl (C=O) groups excluding carboxylic acids is 2. The van der Waals surface area contributed by atoms with E-state index in [1.165, 1.54) is 21.9 Å². The Morgan fingerprint density at radius 3 is 1.43 bits per heavy atom. The molecule has 0 unspecified atom stereocenters. The summed E-state index contributed by atoms with van der Waals surface area (Å²) in [6.07, 6.45) is 16.2. The molecule has 2 aliphatic rings. The molecule has 0 saturated carbocycles. The molecule has 0 bridgehead atoms. The van der Waals surface area contributed by atoms with Crippen molar-refractivity contribution in [1.29, 1.82) is 0 Å². The molecule has 2 aliphatic heterocycles. The van der Waals surface area contributed by atoms with E-state index < -0.39 is 0 Å². The van der Waals surface area contributed by atoms with E-state index in [-0.39, 0.29) is 18.4 Å². The van der Waals surface area contributed by atoms with Gasteiger partial charge in [0.25, 0.3) is 0 Å². The molecule has 10 nitrogen and oxygen atoms in total. The smallest absolute Gasteiger partial charge is 0.236 e. The third-order valence-corrected chi connectivity index (χ3v) is 11.1. The molecule has 2 aromatic carbocycles. The molecule has 6 aromatic rings. The first-order chi connectivity index (χ1) is 25.8. The van der Waals surface area contributed by atoms with Gasteiger partial charge in [-0.15, -0.1) is 0 Å². The first-order valence-corrected chi connectivity index (χ1v) is 19.0. The van der Waals surface area contributed by atoms with Gasteiger partial charge in [-0.25, -0.2) is 0 Å². The number of nitrogens with zero attached hydrogens (tertiary/aromatic N) is 6. The normalized spacial score (nSPS) is 15.5. The summed E-state index contributed by atoms with van der Waals surface area (Å²) in [5.41, 5.74) is 18.0. The summed E-state index contributed by atoms with van der Waals surface area (Å²) in [4.78, 5) is 36.4. The lowest BCUT2D eigenvalue weighted by Crippen LogP contribution is -2.41. The van der Waals surface area contributed by atoms with Crippen molar-refractivity contribution >= 4 is 56.8 Å². The molecule has 4 aromatic heterocycles. The highest BCUT2D eigenvalue weighted by atomic mass is 35.5. The van der Waals surface area contributed by atoms with E-state index >= 15 is 0 Å². The minimum absolute atomic E-state index is 0.0382. The molecule has 2 amide bonds. The minimum atomic E-state index is 0.0382. The highest BCUT2D eigenvalue weighted by Gasteiger charge is 2.27. The Morgan fingerprint density at radius 2 is 1.04 bits per heavy atom. The number of halogens is 2. The number of fused-ring (bicyclic) bond motifs is 2. The molecule has 0 aliphatic carbocycles. The Bertz CT molecular complexity index is 2180. The average molecular weight is 752 g/mol. The zero-order valence-electron chi connectivity index (χ0n) is 29.6. The largest absolute Gasteiger partial charge is 0.343 e. The van der Waals surface area contributed by atoms with Crippen LogP contribution in [-0.4, -0.2) is 80.0 Å². The fourth-order valence-corrected chi connectivity index (χ4v) is 8.02. The first-order valence-electron chi connectivity index (χ1n) is 18.2. The highest BCUT2D eigenvalue weighted by Crippen LogP contribution is 2.37. The van der Waals surface area contributed by atoms with Crippen LogP contribution in [0.2, 0.25) is 10.0 Å². The summed E-state index contributed by atoms with van der Waals surface area (Å²) < 4.78 is 4.35. The second-order valence-corrected chi connectivity index (χ2v) is 14.6. The number of benzene rings is 2. The SMILES string of the molecule is NCC(=O)N1CCC(c2cn(-c3ccc(Cl)cc3)c3cnccc23)CC1.NCCC(=O)N1CCC(c2cn(-c3ccc(Cl)cc3)c3cnccc23)CC1. The third-order valence-electron chi connectivity index (χ3n) is 10.6. The van der Waals surface area contributed by atoms with Crippen molar-refractivity contribution in [3.8, 4) is 11.4 Å². The van der Waals surface area contributed by atoms with Crippen LogP contribution in [0.1, 0.15) is 55.1 Å². The topological polar surface area (TPSA) is 128 Å². The Hall–Kier alpha value is -4.74. The molecule has 12 heteroatoms. The summed E-state index contributed by atoms with van der Waals surface area (Å²) in [6, 6.07) is 19.8. The number of hydrogen-bond donors (Lipinski definition) is 2. The van der Waals surface area contributed by atoms with Crippen LogP contribution in [0.4, 0.5) is 0 Å². The van der Waals surface area contributed by atoms with E-state index in [4.69, 9.17) is 34.7 Å². The Kier molecular flexibility index (Phi) is 11.4. The van der Waals surface area contributed by atoms with Gasteiger partial charge in [-0.1, -0.05) is 23.2 Å². The lowest BCUT2D eigenvalue weighted by molar-refractivity contribution is -0.132. The average Bonchev–Trinajstić information content (AvgIpc) is 3.78. The molecule has 6 heterocycles. The van der Waals surface area contributed by atoms with Crippen molar-refractivity contribution in [3.63, 3.8) is 0 Å². The van der Waals surface area contributed by atoms with Crippen molar-refractivity contribution in [1.82, 2.24) is 28.9 Å². The predicted molar refractivity (Wildman–Crippen MR) is 212 cm³/mol. The van der Waals surface area contributed by atoms with Crippen LogP contribution in [-0.2, 0) is 9.59 Å². The number of pyridine rings is 2. The Labute approximate surface area is 319 Å². The molecular weight excluding hydrogens is 707 g/mol. The van der Waals surface area contributed by atoms with Crippen molar-refractivity contribution < 1.29 is 9.59 Å². The van der Waals surface area contributed by atoms with E-state index in [9.17, 15) is 9.59 Å². The Balaban J connectivity index is 0.000000164. The summed E-state index contributed by atoms with van der Waals surface area (Å²) in [5.74, 6) is 1.07. The van der Waals surface area contributed by atoms with Gasteiger partial charge >= 0.3 is 0 Å². The summed E-state index contributed by atoms with van der Waals surface area (Å²) in [7, 11) is 0. The monoisotopic (exact) mass is 750 g/mol. The zero-order valence-corrected chi connectivity index (χ0v) is 31.1. The third kappa shape index (κ3) is 7.96. The van der Waals surface area contributed by atoms with Gasteiger partial charge in [0.2, 0.25) is 11.8 Å². The fourth-order valence-electron chi connectivity index (χ4n) is 7.77. The number of carbonyl (C=O) groups is 2. The number of hydrogen-bond acceptors (Lipinski definition) is 6. The lowest BCUT2D eigenvalue weighted by atomic mass is 9.89. The maximum atomic E-state index is 12.1. The predicted octanol–water partition coefficient (Wildman–Crippen LogP) is 7.08. The molecule has 53 heavy (non-hydrogen) atoms. The van der Waals surface area contributed by atoms with Crippen LogP contribution in [0.5, 0.6) is 0 Å². The molecule has 2 saturated heterocycles. The summed E-state index contributed by atoms with van der Waals surface area (Å²) in [5, 5.41) is 3.90. The number of rotatable bonds is 7. The number of likely N-dealkylation sites (tertiary alicyclic amines) is 2. The standard InChI is InChI=1S/C21H23ClN4O.C20H21ClN4O/c22-16-1-3-17(4-2-16)26-14-19(18-6-10-24-13-20(18)26)15-7-11-25(12-8-15)21(27)5-9-23;21-15-1-3-16(4-2-15)25-13-18(17-5-8-23-12-19(17)25)14-6-9-24(10-7-14)20(26)11-22/h1-4,6,10,13-15H,5,7-9,11-12,23H2;1-5,8,12-14H,6-7,9-11,22H2. The molecule has 4 N–H and O–H groups in total. The van der Waals surface area contributed by atoms with Gasteiger partial charge < -0.3 is 30.4 Å². The van der Waals surface area contributed by atoms with Crippen LogP contribution in [0.3, 0.4) is 0 Å². The zero-order chi connectivity index (χ0) is 36.9. The molecule has 0 atom stereocenters. The molecule has 274 valence electrons. The van der Waals surface area contributed by atoms with Crippen molar-refractivity contribution in [2.45, 2.75) is 43.9 Å². The minimum Gasteiger partial charge on any atom is -0.343 e. The van der Waals surface area contributed by atoms with Gasteiger partial charge in [0.15, 0.2) is 0 Å². The van der Waals surface area contributed by atoms with E-state index in [1.54, 1.807) is 0 Å². The van der Waals surface area contributed by atoms with E-state index in [2.05, 4.69) is 43.6 Å². The van der Waals surface area contributed by atoms with Gasteiger partial charge in [-0.2, -0.15) is 0 Å². The maximum Gasteiger partial charge on any atom is 0.236 e. The second kappa shape index (κ2) is 16.5.